The molecule has 0 unspecified atom stereocenters. The lowest BCUT2D eigenvalue weighted by atomic mass is 10.2. The minimum atomic E-state index is -3.60. The number of primary amides is 1. The summed E-state index contributed by atoms with van der Waals surface area (Å²) < 4.78 is 30.3. The Balaban J connectivity index is 2.76. The molecule has 0 radical (unpaired) electrons. The van der Waals surface area contributed by atoms with Crippen molar-refractivity contribution in [1.82, 2.24) is 4.31 Å². The Morgan fingerprint density at radius 2 is 2.05 bits per heavy atom. The first kappa shape index (κ1) is 17.2. The average molecular weight is 316 g/mol. The molecule has 21 heavy (non-hydrogen) atoms. The highest BCUT2D eigenvalue weighted by Crippen LogP contribution is 2.27. The summed E-state index contributed by atoms with van der Waals surface area (Å²) in [6, 6.07) is 4.71. The Bertz CT molecular complexity index is 601. The molecule has 118 valence electrons. The van der Waals surface area contributed by atoms with E-state index in [0.29, 0.717) is 12.2 Å². The largest absolute Gasteiger partial charge is 0.396 e. The van der Waals surface area contributed by atoms with Crippen molar-refractivity contribution < 1.29 is 17.9 Å². The van der Waals surface area contributed by atoms with E-state index in [1.165, 1.54) is 20.2 Å². The fourth-order valence-corrected chi connectivity index (χ4v) is 2.58. The lowest BCUT2D eigenvalue weighted by Gasteiger charge is -2.16. The highest BCUT2D eigenvalue weighted by molar-refractivity contribution is 7.89. The predicted molar refractivity (Wildman–Crippen MR) is 80.2 cm³/mol. The standard InChI is InChI=1S/C12H20N4O4S/c1-16(2)21(18,19)10-5-3-4-9(12(10)14)15-6-7-20-8-11(13)17/h3-5,15H,6-8,14H2,1-2H3,(H2,13,17). The number of hydrogen-bond donors (Lipinski definition) is 3. The van der Waals surface area contributed by atoms with Crippen molar-refractivity contribution in [1.29, 1.82) is 0 Å². The molecule has 0 aromatic heterocycles. The molecular weight excluding hydrogens is 296 g/mol. The second-order valence-corrected chi connectivity index (χ2v) is 6.57. The molecule has 8 nitrogen and oxygen atoms in total. The van der Waals surface area contributed by atoms with Gasteiger partial charge in [-0.3, -0.25) is 4.79 Å². The zero-order chi connectivity index (χ0) is 16.0. The van der Waals surface area contributed by atoms with Crippen LogP contribution in [-0.2, 0) is 19.6 Å². The number of rotatable bonds is 8. The third-order valence-electron chi connectivity index (χ3n) is 2.63. The molecule has 0 aliphatic rings. The Morgan fingerprint density at radius 1 is 1.38 bits per heavy atom. The van der Waals surface area contributed by atoms with Crippen molar-refractivity contribution in [3.8, 4) is 0 Å². The fourth-order valence-electron chi connectivity index (χ4n) is 1.55. The zero-order valence-corrected chi connectivity index (χ0v) is 12.8. The van der Waals surface area contributed by atoms with Gasteiger partial charge in [-0.25, -0.2) is 12.7 Å². The van der Waals surface area contributed by atoms with Gasteiger partial charge in [0.1, 0.15) is 11.5 Å². The molecule has 1 aromatic rings. The van der Waals surface area contributed by atoms with Crippen LogP contribution in [0.1, 0.15) is 0 Å². The normalized spacial score (nSPS) is 11.6. The van der Waals surface area contributed by atoms with Gasteiger partial charge >= 0.3 is 0 Å². The van der Waals surface area contributed by atoms with Gasteiger partial charge in [0.2, 0.25) is 15.9 Å². The Labute approximate surface area is 124 Å². The molecule has 0 atom stereocenters. The molecule has 0 fully saturated rings. The SMILES string of the molecule is CN(C)S(=O)(=O)c1cccc(NCCOCC(N)=O)c1N. The van der Waals surface area contributed by atoms with E-state index in [2.05, 4.69) is 5.32 Å². The second kappa shape index (κ2) is 7.25. The highest BCUT2D eigenvalue weighted by Gasteiger charge is 2.21. The van der Waals surface area contributed by atoms with E-state index in [0.717, 1.165) is 4.31 Å². The van der Waals surface area contributed by atoms with E-state index in [1.807, 2.05) is 0 Å². The number of para-hydroxylation sites is 1. The molecule has 9 heteroatoms. The molecule has 1 amide bonds. The van der Waals surface area contributed by atoms with Crippen LogP contribution in [0, 0.1) is 0 Å². The first-order valence-electron chi connectivity index (χ1n) is 6.17. The van der Waals surface area contributed by atoms with E-state index in [1.54, 1.807) is 12.1 Å². The van der Waals surface area contributed by atoms with Gasteiger partial charge < -0.3 is 21.5 Å². The molecule has 0 aliphatic heterocycles. The average Bonchev–Trinajstić information content (AvgIpc) is 2.39. The summed E-state index contributed by atoms with van der Waals surface area (Å²) in [6.07, 6.45) is 0. The van der Waals surface area contributed by atoms with Crippen LogP contribution >= 0.6 is 0 Å². The van der Waals surface area contributed by atoms with Crippen molar-refractivity contribution in [2.24, 2.45) is 5.73 Å². The topological polar surface area (TPSA) is 128 Å². The fraction of sp³-hybridized carbons (Fsp3) is 0.417. The molecule has 5 N–H and O–H groups in total. The van der Waals surface area contributed by atoms with E-state index in [4.69, 9.17) is 16.2 Å². The van der Waals surface area contributed by atoms with Crippen LogP contribution in [0.2, 0.25) is 0 Å². The maximum absolute atomic E-state index is 12.1. The zero-order valence-electron chi connectivity index (χ0n) is 12.0. The van der Waals surface area contributed by atoms with Gasteiger partial charge in [-0.15, -0.1) is 0 Å². The summed E-state index contributed by atoms with van der Waals surface area (Å²) in [4.78, 5) is 10.5. The van der Waals surface area contributed by atoms with Crippen molar-refractivity contribution >= 4 is 27.3 Å². The monoisotopic (exact) mass is 316 g/mol. The van der Waals surface area contributed by atoms with Crippen LogP contribution in [0.3, 0.4) is 0 Å². The van der Waals surface area contributed by atoms with Crippen LogP contribution in [-0.4, -0.2) is 52.5 Å². The summed E-state index contributed by atoms with van der Waals surface area (Å²) in [5.74, 6) is -0.548. The van der Waals surface area contributed by atoms with Gasteiger partial charge in [-0.1, -0.05) is 6.07 Å². The maximum Gasteiger partial charge on any atom is 0.244 e. The number of amides is 1. The Kier molecular flexibility index (Phi) is 5.94. The summed E-state index contributed by atoms with van der Waals surface area (Å²) in [6.45, 7) is 0.447. The Morgan fingerprint density at radius 3 is 2.62 bits per heavy atom. The van der Waals surface area contributed by atoms with E-state index in [9.17, 15) is 13.2 Å². The number of nitrogen functional groups attached to an aromatic ring is 1. The van der Waals surface area contributed by atoms with Crippen molar-refractivity contribution in [2.45, 2.75) is 4.90 Å². The Hall–Kier alpha value is -1.84. The van der Waals surface area contributed by atoms with Gasteiger partial charge in [-0.2, -0.15) is 0 Å². The van der Waals surface area contributed by atoms with Gasteiger partial charge in [0, 0.05) is 20.6 Å². The van der Waals surface area contributed by atoms with Gasteiger partial charge in [0.15, 0.2) is 0 Å². The van der Waals surface area contributed by atoms with Crippen LogP contribution in [0.15, 0.2) is 23.1 Å². The number of nitrogens with one attached hydrogen (secondary N) is 1. The number of nitrogens with two attached hydrogens (primary N) is 2. The van der Waals surface area contributed by atoms with E-state index in [-0.39, 0.29) is 23.8 Å². The molecule has 1 aromatic carbocycles. The number of hydrogen-bond acceptors (Lipinski definition) is 6. The smallest absolute Gasteiger partial charge is 0.244 e. The summed E-state index contributed by atoms with van der Waals surface area (Å²) in [5.41, 5.74) is 11.4. The molecule has 0 spiro atoms. The van der Waals surface area contributed by atoms with Crippen molar-refractivity contribution in [3.05, 3.63) is 18.2 Å². The van der Waals surface area contributed by atoms with Crippen LogP contribution < -0.4 is 16.8 Å². The third-order valence-corrected chi connectivity index (χ3v) is 4.50. The molecule has 1 rings (SSSR count). The van der Waals surface area contributed by atoms with E-state index >= 15 is 0 Å². The number of benzene rings is 1. The molecule has 0 heterocycles. The van der Waals surface area contributed by atoms with Crippen LogP contribution in [0.4, 0.5) is 11.4 Å². The first-order chi connectivity index (χ1) is 9.76. The number of nitrogens with zero attached hydrogens (tertiary/aromatic N) is 1. The van der Waals surface area contributed by atoms with E-state index < -0.39 is 15.9 Å². The van der Waals surface area contributed by atoms with Gasteiger partial charge in [0.05, 0.1) is 18.0 Å². The summed E-state index contributed by atoms with van der Waals surface area (Å²) >= 11 is 0. The third kappa shape index (κ3) is 4.59. The molecular formula is C12H20N4O4S. The quantitative estimate of drug-likeness (QED) is 0.435. The number of ether oxygens (including phenoxy) is 1. The van der Waals surface area contributed by atoms with Crippen molar-refractivity contribution in [2.75, 3.05) is 44.9 Å². The van der Waals surface area contributed by atoms with Crippen LogP contribution in [0.5, 0.6) is 0 Å². The van der Waals surface area contributed by atoms with Crippen LogP contribution in [0.25, 0.3) is 0 Å². The summed E-state index contributed by atoms with van der Waals surface area (Å²) in [7, 11) is -0.727. The highest BCUT2D eigenvalue weighted by atomic mass is 32.2. The van der Waals surface area contributed by atoms with Gasteiger partial charge in [0.25, 0.3) is 0 Å². The minimum Gasteiger partial charge on any atom is -0.396 e. The number of sulfonamides is 1. The number of anilines is 2. The molecule has 0 bridgehead atoms. The van der Waals surface area contributed by atoms with Gasteiger partial charge in [-0.05, 0) is 12.1 Å². The molecule has 0 saturated heterocycles. The minimum absolute atomic E-state index is 0.0376. The maximum atomic E-state index is 12.1. The second-order valence-electron chi connectivity index (χ2n) is 4.45. The van der Waals surface area contributed by atoms with Crippen molar-refractivity contribution in [3.63, 3.8) is 0 Å². The first-order valence-corrected chi connectivity index (χ1v) is 7.61. The predicted octanol–water partition coefficient (Wildman–Crippen LogP) is -0.567. The number of carbonyl (C=O) groups is 1. The lowest BCUT2D eigenvalue weighted by Crippen LogP contribution is -2.24. The lowest BCUT2D eigenvalue weighted by molar-refractivity contribution is -0.122. The molecule has 0 aliphatic carbocycles. The summed E-state index contributed by atoms with van der Waals surface area (Å²) in [5, 5.41) is 2.95. The molecule has 0 saturated carbocycles. The number of carbonyl (C=O) groups excluding carboxylic acids is 1.